The van der Waals surface area contributed by atoms with Crippen LogP contribution in [0.3, 0.4) is 0 Å². The number of halogens is 3. The number of aryl methyl sites for hydroxylation is 1. The van der Waals surface area contributed by atoms with Gasteiger partial charge in [0.25, 0.3) is 10.0 Å². The molecule has 9 heteroatoms. The number of sulfonamides is 1. The first-order valence-electron chi connectivity index (χ1n) is 5.26. The van der Waals surface area contributed by atoms with Gasteiger partial charge in [0, 0.05) is 0 Å². The Labute approximate surface area is 132 Å². The summed E-state index contributed by atoms with van der Waals surface area (Å²) in [6, 6.07) is 3.55. The molecule has 1 aromatic carbocycles. The molecule has 1 N–H and O–H groups in total. The fraction of sp³-hybridized carbons (Fsp3) is 0.0909. The standard InChI is InChI=1S/C11H8Br2FN3O2S/c1-6-2-3-7(14)4-8(6)20(18,19)17-11-10(13)16-9(12)5-15-11/h2-5H,1H3,(H,15,17). The molecule has 0 aliphatic rings. The van der Waals surface area contributed by atoms with Crippen LogP contribution in [0.5, 0.6) is 0 Å². The van der Waals surface area contributed by atoms with Crippen LogP contribution in [-0.2, 0) is 10.0 Å². The minimum absolute atomic E-state index is 0.0249. The Morgan fingerprint density at radius 2 is 2.00 bits per heavy atom. The van der Waals surface area contributed by atoms with Gasteiger partial charge >= 0.3 is 0 Å². The summed E-state index contributed by atoms with van der Waals surface area (Å²) in [5.74, 6) is -0.603. The number of rotatable bonds is 3. The van der Waals surface area contributed by atoms with Gasteiger partial charge in [0.1, 0.15) is 10.4 Å². The van der Waals surface area contributed by atoms with Crippen molar-refractivity contribution in [2.75, 3.05) is 4.72 Å². The molecular weight excluding hydrogens is 417 g/mol. The average molecular weight is 425 g/mol. The lowest BCUT2D eigenvalue weighted by Gasteiger charge is -2.10. The third-order valence-electron chi connectivity index (χ3n) is 2.37. The number of anilines is 1. The molecule has 0 radical (unpaired) electrons. The molecule has 20 heavy (non-hydrogen) atoms. The second-order valence-corrected chi connectivity index (χ2v) is 7.06. The van der Waals surface area contributed by atoms with E-state index in [1.54, 1.807) is 6.92 Å². The van der Waals surface area contributed by atoms with Crippen molar-refractivity contribution in [2.24, 2.45) is 0 Å². The highest BCUT2D eigenvalue weighted by molar-refractivity contribution is 9.11. The quantitative estimate of drug-likeness (QED) is 0.820. The number of hydrogen-bond acceptors (Lipinski definition) is 4. The molecule has 0 fully saturated rings. The third kappa shape index (κ3) is 3.33. The van der Waals surface area contributed by atoms with Crippen LogP contribution in [0.15, 0.2) is 38.5 Å². The molecule has 0 spiro atoms. The summed E-state index contributed by atoms with van der Waals surface area (Å²) < 4.78 is 40.6. The van der Waals surface area contributed by atoms with Crippen molar-refractivity contribution >= 4 is 47.7 Å². The zero-order valence-corrected chi connectivity index (χ0v) is 14.1. The maximum absolute atomic E-state index is 13.2. The highest BCUT2D eigenvalue weighted by Crippen LogP contribution is 2.24. The average Bonchev–Trinajstić information content (AvgIpc) is 2.35. The molecular formula is C11H8Br2FN3O2S. The minimum atomic E-state index is -3.94. The first-order valence-corrected chi connectivity index (χ1v) is 8.33. The Hall–Kier alpha value is -1.06. The van der Waals surface area contributed by atoms with Crippen molar-refractivity contribution in [3.63, 3.8) is 0 Å². The molecule has 0 amide bonds. The van der Waals surface area contributed by atoms with Gasteiger partial charge in [-0.15, -0.1) is 0 Å². The van der Waals surface area contributed by atoms with E-state index in [1.165, 1.54) is 18.3 Å². The topological polar surface area (TPSA) is 72.0 Å². The van der Waals surface area contributed by atoms with Gasteiger partial charge < -0.3 is 0 Å². The maximum Gasteiger partial charge on any atom is 0.263 e. The smallest absolute Gasteiger partial charge is 0.261 e. The van der Waals surface area contributed by atoms with E-state index in [9.17, 15) is 12.8 Å². The van der Waals surface area contributed by atoms with Gasteiger partial charge in [0.05, 0.1) is 11.1 Å². The molecule has 0 aliphatic carbocycles. The Kier molecular flexibility index (Phi) is 4.40. The SMILES string of the molecule is Cc1ccc(F)cc1S(=O)(=O)Nc1ncc(Br)nc1Br. The first kappa shape index (κ1) is 15.3. The fourth-order valence-electron chi connectivity index (χ4n) is 1.46. The minimum Gasteiger partial charge on any atom is -0.261 e. The van der Waals surface area contributed by atoms with Gasteiger partial charge in [-0.25, -0.2) is 22.8 Å². The van der Waals surface area contributed by atoms with Crippen LogP contribution >= 0.6 is 31.9 Å². The summed E-state index contributed by atoms with van der Waals surface area (Å²) in [5, 5.41) is 0. The molecule has 0 bridgehead atoms. The molecule has 2 aromatic rings. The molecule has 106 valence electrons. The van der Waals surface area contributed by atoms with Gasteiger partial charge in [0.2, 0.25) is 0 Å². The Balaban J connectivity index is 2.43. The molecule has 1 heterocycles. The highest BCUT2D eigenvalue weighted by atomic mass is 79.9. The number of benzene rings is 1. The van der Waals surface area contributed by atoms with Gasteiger partial charge in [-0.1, -0.05) is 6.07 Å². The van der Waals surface area contributed by atoms with Crippen LogP contribution in [0.2, 0.25) is 0 Å². The molecule has 2 rings (SSSR count). The van der Waals surface area contributed by atoms with E-state index in [4.69, 9.17) is 0 Å². The van der Waals surface area contributed by atoms with Crippen LogP contribution in [0.4, 0.5) is 10.2 Å². The van der Waals surface area contributed by atoms with Crippen LogP contribution in [0.25, 0.3) is 0 Å². The van der Waals surface area contributed by atoms with E-state index in [2.05, 4.69) is 46.5 Å². The number of aromatic nitrogens is 2. The van der Waals surface area contributed by atoms with E-state index in [1.807, 2.05) is 0 Å². The lowest BCUT2D eigenvalue weighted by molar-refractivity contribution is 0.594. The highest BCUT2D eigenvalue weighted by Gasteiger charge is 2.20. The summed E-state index contributed by atoms with van der Waals surface area (Å²) in [4.78, 5) is 7.72. The molecule has 0 saturated carbocycles. The number of nitrogens with one attached hydrogen (secondary N) is 1. The summed E-state index contributed by atoms with van der Waals surface area (Å²) >= 11 is 6.21. The van der Waals surface area contributed by atoms with E-state index in [0.29, 0.717) is 10.2 Å². The molecule has 5 nitrogen and oxygen atoms in total. The third-order valence-corrected chi connectivity index (χ3v) is 4.79. The van der Waals surface area contributed by atoms with Crippen molar-refractivity contribution in [2.45, 2.75) is 11.8 Å². The van der Waals surface area contributed by atoms with Crippen molar-refractivity contribution in [1.29, 1.82) is 0 Å². The maximum atomic E-state index is 13.2. The normalized spacial score (nSPS) is 11.4. The molecule has 0 unspecified atom stereocenters. The lowest BCUT2D eigenvalue weighted by atomic mass is 10.2. The predicted octanol–water partition coefficient (Wildman–Crippen LogP) is 3.25. The van der Waals surface area contributed by atoms with Crippen molar-refractivity contribution < 1.29 is 12.8 Å². The van der Waals surface area contributed by atoms with Gasteiger partial charge in [-0.2, -0.15) is 0 Å². The van der Waals surface area contributed by atoms with Crippen LogP contribution in [0, 0.1) is 12.7 Å². The van der Waals surface area contributed by atoms with Crippen molar-refractivity contribution in [3.8, 4) is 0 Å². The zero-order valence-electron chi connectivity index (χ0n) is 10.1. The van der Waals surface area contributed by atoms with Crippen molar-refractivity contribution in [1.82, 2.24) is 9.97 Å². The number of hydrogen-bond donors (Lipinski definition) is 1. The van der Waals surface area contributed by atoms with Gasteiger partial charge in [0.15, 0.2) is 10.4 Å². The second-order valence-electron chi connectivity index (χ2n) is 3.85. The zero-order chi connectivity index (χ0) is 14.9. The van der Waals surface area contributed by atoms with Crippen LogP contribution < -0.4 is 4.72 Å². The predicted molar refractivity (Wildman–Crippen MR) is 79.4 cm³/mol. The Morgan fingerprint density at radius 3 is 2.65 bits per heavy atom. The summed E-state index contributed by atoms with van der Waals surface area (Å²) in [6.07, 6.45) is 1.35. The Bertz CT molecular complexity index is 768. The molecule has 1 aromatic heterocycles. The second kappa shape index (κ2) is 5.74. The molecule has 0 saturated heterocycles. The molecule has 0 atom stereocenters. The lowest BCUT2D eigenvalue weighted by Crippen LogP contribution is -2.16. The Morgan fingerprint density at radius 1 is 1.30 bits per heavy atom. The van der Waals surface area contributed by atoms with E-state index >= 15 is 0 Å². The van der Waals surface area contributed by atoms with E-state index < -0.39 is 15.8 Å². The molecule has 0 aliphatic heterocycles. The number of nitrogens with zero attached hydrogens (tertiary/aromatic N) is 2. The first-order chi connectivity index (χ1) is 9.29. The summed E-state index contributed by atoms with van der Waals surface area (Å²) in [5.41, 5.74) is 0.431. The van der Waals surface area contributed by atoms with Gasteiger partial charge in [-0.3, -0.25) is 4.72 Å². The van der Waals surface area contributed by atoms with Crippen molar-refractivity contribution in [3.05, 3.63) is 45.0 Å². The summed E-state index contributed by atoms with van der Waals surface area (Å²) in [7, 11) is -3.94. The van der Waals surface area contributed by atoms with Gasteiger partial charge in [-0.05, 0) is 56.5 Å². The monoisotopic (exact) mass is 423 g/mol. The fourth-order valence-corrected chi connectivity index (χ4v) is 3.78. The largest absolute Gasteiger partial charge is 0.263 e. The summed E-state index contributed by atoms with van der Waals surface area (Å²) in [6.45, 7) is 1.58. The van der Waals surface area contributed by atoms with E-state index in [0.717, 1.165) is 6.07 Å². The van der Waals surface area contributed by atoms with Crippen LogP contribution in [0.1, 0.15) is 5.56 Å². The van der Waals surface area contributed by atoms with Crippen LogP contribution in [-0.4, -0.2) is 18.4 Å². The van der Waals surface area contributed by atoms with E-state index in [-0.39, 0.29) is 15.3 Å².